The molecule has 1 fully saturated rings. The number of pyridine rings is 1. The summed E-state index contributed by atoms with van der Waals surface area (Å²) in [4.78, 5) is 19.1. The van der Waals surface area contributed by atoms with E-state index in [4.69, 9.17) is 11.6 Å². The normalized spacial score (nSPS) is 16.4. The molecule has 0 atom stereocenters. The van der Waals surface area contributed by atoms with Gasteiger partial charge in [0.25, 0.3) is 5.91 Å². The number of aromatic nitrogens is 2. The lowest BCUT2D eigenvalue weighted by Crippen LogP contribution is -2.35. The molecule has 1 aliphatic heterocycles. The van der Waals surface area contributed by atoms with E-state index < -0.39 is 0 Å². The molecular weight excluding hydrogens is 276 g/mol. The van der Waals surface area contributed by atoms with Gasteiger partial charge in [-0.25, -0.2) is 4.98 Å². The molecule has 2 aromatic heterocycles. The minimum Gasteiger partial charge on any atom is -0.336 e. The number of carbonyl (C=O) groups is 1. The number of halogens is 1. The molecule has 0 aromatic carbocycles. The summed E-state index contributed by atoms with van der Waals surface area (Å²) in [5.74, 6) is 0.0426. The van der Waals surface area contributed by atoms with Gasteiger partial charge in [0.2, 0.25) is 0 Å². The third-order valence-electron chi connectivity index (χ3n) is 3.59. The zero-order chi connectivity index (χ0) is 14.1. The van der Waals surface area contributed by atoms with Gasteiger partial charge in [0, 0.05) is 36.9 Å². The number of carbonyl (C=O) groups excluding carboxylic acids is 1. The minimum absolute atomic E-state index is 0.0426. The number of aryl methyl sites for hydroxylation is 1. The standard InChI is InChI=1S/C14H17ClN4O/c1-10-13(14(20)18-6-2-4-16-5-8-18)19-7-3-11(15)9-12(19)17-10/h3,7,9,16H,2,4-6,8H2,1H3. The fourth-order valence-electron chi connectivity index (χ4n) is 2.59. The van der Waals surface area contributed by atoms with Gasteiger partial charge in [0.15, 0.2) is 0 Å². The Bertz CT molecular complexity index is 644. The summed E-state index contributed by atoms with van der Waals surface area (Å²) in [6, 6.07) is 3.55. The highest BCUT2D eigenvalue weighted by atomic mass is 35.5. The molecule has 0 unspecified atom stereocenters. The van der Waals surface area contributed by atoms with Crippen LogP contribution in [0.2, 0.25) is 5.02 Å². The Morgan fingerprint density at radius 3 is 3.10 bits per heavy atom. The van der Waals surface area contributed by atoms with Gasteiger partial charge < -0.3 is 10.2 Å². The number of amides is 1. The molecule has 1 aliphatic rings. The summed E-state index contributed by atoms with van der Waals surface area (Å²) < 4.78 is 1.82. The van der Waals surface area contributed by atoms with Crippen molar-refractivity contribution >= 4 is 23.2 Å². The summed E-state index contributed by atoms with van der Waals surface area (Å²) in [6.45, 7) is 5.19. The molecule has 3 rings (SSSR count). The second kappa shape index (κ2) is 5.42. The lowest BCUT2D eigenvalue weighted by atomic mass is 10.3. The predicted molar refractivity (Wildman–Crippen MR) is 78.3 cm³/mol. The van der Waals surface area contributed by atoms with Gasteiger partial charge in [-0.05, 0) is 26.0 Å². The molecule has 106 valence electrons. The van der Waals surface area contributed by atoms with Crippen LogP contribution in [0.5, 0.6) is 0 Å². The third kappa shape index (κ3) is 2.39. The van der Waals surface area contributed by atoms with Crippen LogP contribution >= 0.6 is 11.6 Å². The highest BCUT2D eigenvalue weighted by Gasteiger charge is 2.23. The third-order valence-corrected chi connectivity index (χ3v) is 3.83. The Balaban J connectivity index is 2.00. The SMILES string of the molecule is Cc1nc2cc(Cl)ccn2c1C(=O)N1CCCNCC1. The number of rotatable bonds is 1. The molecule has 1 saturated heterocycles. The van der Waals surface area contributed by atoms with Crippen molar-refractivity contribution in [1.29, 1.82) is 0 Å². The predicted octanol–water partition coefficient (Wildman–Crippen LogP) is 1.73. The van der Waals surface area contributed by atoms with Crippen LogP contribution in [0.15, 0.2) is 18.3 Å². The van der Waals surface area contributed by atoms with E-state index in [9.17, 15) is 4.79 Å². The fraction of sp³-hybridized carbons (Fsp3) is 0.429. The Morgan fingerprint density at radius 2 is 2.25 bits per heavy atom. The van der Waals surface area contributed by atoms with Crippen LogP contribution < -0.4 is 5.32 Å². The van der Waals surface area contributed by atoms with Crippen molar-refractivity contribution in [1.82, 2.24) is 19.6 Å². The van der Waals surface area contributed by atoms with E-state index in [-0.39, 0.29) is 5.91 Å². The average Bonchev–Trinajstić information content (AvgIpc) is 2.62. The number of imidazole rings is 1. The van der Waals surface area contributed by atoms with Crippen molar-refractivity contribution in [2.45, 2.75) is 13.3 Å². The first-order chi connectivity index (χ1) is 9.66. The molecule has 20 heavy (non-hydrogen) atoms. The highest BCUT2D eigenvalue weighted by molar-refractivity contribution is 6.30. The zero-order valence-corrected chi connectivity index (χ0v) is 12.2. The van der Waals surface area contributed by atoms with Gasteiger partial charge in [-0.1, -0.05) is 11.6 Å². The number of fused-ring (bicyclic) bond motifs is 1. The van der Waals surface area contributed by atoms with Gasteiger partial charge in [-0.15, -0.1) is 0 Å². The second-order valence-corrected chi connectivity index (χ2v) is 5.45. The molecule has 0 aliphatic carbocycles. The van der Waals surface area contributed by atoms with Gasteiger partial charge in [0.05, 0.1) is 5.69 Å². The summed E-state index contributed by atoms with van der Waals surface area (Å²) in [6.07, 6.45) is 2.79. The zero-order valence-electron chi connectivity index (χ0n) is 11.4. The van der Waals surface area contributed by atoms with Crippen molar-refractivity contribution in [3.8, 4) is 0 Å². The number of hydrogen-bond donors (Lipinski definition) is 1. The molecule has 1 N–H and O–H groups in total. The van der Waals surface area contributed by atoms with Crippen molar-refractivity contribution < 1.29 is 4.79 Å². The van der Waals surface area contributed by atoms with E-state index in [1.54, 1.807) is 18.3 Å². The maximum Gasteiger partial charge on any atom is 0.272 e. The first kappa shape index (κ1) is 13.4. The smallest absolute Gasteiger partial charge is 0.272 e. The highest BCUT2D eigenvalue weighted by Crippen LogP contribution is 2.18. The summed E-state index contributed by atoms with van der Waals surface area (Å²) in [7, 11) is 0. The molecule has 6 heteroatoms. The quantitative estimate of drug-likeness (QED) is 0.871. The Labute approximate surface area is 122 Å². The Hall–Kier alpha value is -1.59. The van der Waals surface area contributed by atoms with Crippen LogP contribution in [0.3, 0.4) is 0 Å². The van der Waals surface area contributed by atoms with Crippen LogP contribution in [0.25, 0.3) is 5.65 Å². The number of nitrogens with zero attached hydrogens (tertiary/aromatic N) is 3. The van der Waals surface area contributed by atoms with Crippen molar-refractivity contribution in [3.05, 3.63) is 34.7 Å². The van der Waals surface area contributed by atoms with Crippen molar-refractivity contribution in [2.24, 2.45) is 0 Å². The largest absolute Gasteiger partial charge is 0.336 e. The molecule has 5 nitrogen and oxygen atoms in total. The van der Waals surface area contributed by atoms with Crippen LogP contribution in [0.4, 0.5) is 0 Å². The van der Waals surface area contributed by atoms with E-state index in [1.165, 1.54) is 0 Å². The van der Waals surface area contributed by atoms with E-state index in [2.05, 4.69) is 10.3 Å². The molecule has 0 saturated carbocycles. The van der Waals surface area contributed by atoms with E-state index >= 15 is 0 Å². The monoisotopic (exact) mass is 292 g/mol. The molecule has 0 radical (unpaired) electrons. The second-order valence-electron chi connectivity index (χ2n) is 5.01. The maximum atomic E-state index is 12.7. The van der Waals surface area contributed by atoms with E-state index in [1.807, 2.05) is 16.2 Å². The van der Waals surface area contributed by atoms with Gasteiger partial charge in [-0.2, -0.15) is 0 Å². The molecule has 2 aromatic rings. The first-order valence-corrected chi connectivity index (χ1v) is 7.19. The summed E-state index contributed by atoms with van der Waals surface area (Å²) in [5, 5.41) is 3.93. The van der Waals surface area contributed by atoms with Gasteiger partial charge in [0.1, 0.15) is 11.3 Å². The molecule has 0 spiro atoms. The number of hydrogen-bond acceptors (Lipinski definition) is 3. The molecular formula is C14H17ClN4O. The topological polar surface area (TPSA) is 49.6 Å². The van der Waals surface area contributed by atoms with E-state index in [0.717, 1.165) is 38.3 Å². The molecule has 1 amide bonds. The maximum absolute atomic E-state index is 12.7. The Kier molecular flexibility index (Phi) is 3.63. The van der Waals surface area contributed by atoms with Gasteiger partial charge in [-0.3, -0.25) is 9.20 Å². The van der Waals surface area contributed by atoms with Crippen molar-refractivity contribution in [3.63, 3.8) is 0 Å². The summed E-state index contributed by atoms with van der Waals surface area (Å²) in [5.41, 5.74) is 2.10. The summed E-state index contributed by atoms with van der Waals surface area (Å²) >= 11 is 5.97. The lowest BCUT2D eigenvalue weighted by Gasteiger charge is -2.20. The average molecular weight is 293 g/mol. The molecule has 3 heterocycles. The van der Waals surface area contributed by atoms with Crippen LogP contribution in [0.1, 0.15) is 22.6 Å². The van der Waals surface area contributed by atoms with Gasteiger partial charge >= 0.3 is 0 Å². The van der Waals surface area contributed by atoms with Crippen LogP contribution in [-0.4, -0.2) is 46.4 Å². The minimum atomic E-state index is 0.0426. The fourth-order valence-corrected chi connectivity index (χ4v) is 2.75. The van der Waals surface area contributed by atoms with E-state index in [0.29, 0.717) is 16.4 Å². The Morgan fingerprint density at radius 1 is 1.40 bits per heavy atom. The van der Waals surface area contributed by atoms with Crippen LogP contribution in [0, 0.1) is 6.92 Å². The van der Waals surface area contributed by atoms with Crippen molar-refractivity contribution in [2.75, 3.05) is 26.2 Å². The first-order valence-electron chi connectivity index (χ1n) is 6.81. The number of nitrogens with one attached hydrogen (secondary N) is 1. The lowest BCUT2D eigenvalue weighted by molar-refractivity contribution is 0.0758. The van der Waals surface area contributed by atoms with Crippen LogP contribution in [-0.2, 0) is 0 Å². The molecule has 0 bridgehead atoms.